The normalized spacial score (nSPS) is 23.7. The number of nitrogens with one attached hydrogen (secondary N) is 1. The van der Waals surface area contributed by atoms with E-state index in [1.54, 1.807) is 11.0 Å². The van der Waals surface area contributed by atoms with Crippen LogP contribution in [0.15, 0.2) is 35.5 Å². The van der Waals surface area contributed by atoms with Crippen LogP contribution in [0.4, 0.5) is 0 Å². The quantitative estimate of drug-likeness (QED) is 0.797. The van der Waals surface area contributed by atoms with E-state index in [-0.39, 0.29) is 24.1 Å². The molecule has 2 aliphatic heterocycles. The number of nitrogens with zero attached hydrogens (tertiary/aromatic N) is 1. The van der Waals surface area contributed by atoms with Gasteiger partial charge in [0.05, 0.1) is 0 Å². The lowest BCUT2D eigenvalue weighted by molar-refractivity contribution is -0.142. The first kappa shape index (κ1) is 15.2. The van der Waals surface area contributed by atoms with Gasteiger partial charge in [-0.2, -0.15) is 0 Å². The van der Waals surface area contributed by atoms with Gasteiger partial charge in [0.2, 0.25) is 11.8 Å². The highest BCUT2D eigenvalue weighted by Gasteiger charge is 2.39. The Morgan fingerprint density at radius 1 is 1.43 bits per heavy atom. The number of carbonyl (C=O) groups excluding carboxylic acids is 3. The van der Waals surface area contributed by atoms with Gasteiger partial charge >= 0.3 is 0 Å². The molecule has 0 aromatic rings. The van der Waals surface area contributed by atoms with Gasteiger partial charge in [-0.1, -0.05) is 25.7 Å². The maximum absolute atomic E-state index is 12.5. The van der Waals surface area contributed by atoms with Gasteiger partial charge in [-0.15, -0.1) is 0 Å². The van der Waals surface area contributed by atoms with E-state index in [0.717, 1.165) is 17.6 Å². The molecule has 112 valence electrons. The average Bonchev–Trinajstić information content (AvgIpc) is 2.77. The standard InChI is InChI=1S/C16H20N2O3/c1-4-10(5-2)12-9-18(16(21)11(12)6-3)13-7-8-14(19)17-15(13)20/h4,6,13H,3,5,7-9H2,1-2H3,(H,17,19,20)/b10-4-. The average molecular weight is 288 g/mol. The lowest BCUT2D eigenvalue weighted by atomic mass is 10.00. The minimum atomic E-state index is -0.572. The third kappa shape index (κ3) is 2.68. The molecule has 21 heavy (non-hydrogen) atoms. The van der Waals surface area contributed by atoms with E-state index in [1.165, 1.54) is 0 Å². The number of hydrogen-bond acceptors (Lipinski definition) is 3. The number of hydrogen-bond donors (Lipinski definition) is 1. The van der Waals surface area contributed by atoms with Crippen LogP contribution in [0.3, 0.4) is 0 Å². The molecule has 0 aromatic carbocycles. The molecule has 2 heterocycles. The van der Waals surface area contributed by atoms with E-state index in [9.17, 15) is 14.4 Å². The summed E-state index contributed by atoms with van der Waals surface area (Å²) in [6.45, 7) is 8.09. The number of carbonyl (C=O) groups is 3. The maximum atomic E-state index is 12.5. The zero-order chi connectivity index (χ0) is 15.6. The third-order valence-electron chi connectivity index (χ3n) is 4.05. The summed E-state index contributed by atoms with van der Waals surface area (Å²) in [6, 6.07) is -0.572. The lowest BCUT2D eigenvalue weighted by Gasteiger charge is -2.30. The van der Waals surface area contributed by atoms with Crippen molar-refractivity contribution in [1.82, 2.24) is 10.2 Å². The molecule has 0 aliphatic carbocycles. The van der Waals surface area contributed by atoms with Crippen molar-refractivity contribution in [2.24, 2.45) is 0 Å². The third-order valence-corrected chi connectivity index (χ3v) is 4.05. The molecule has 0 bridgehead atoms. The summed E-state index contributed by atoms with van der Waals surface area (Å²) in [5, 5.41) is 2.30. The molecule has 5 heteroatoms. The molecular weight excluding hydrogens is 268 g/mol. The largest absolute Gasteiger partial charge is 0.322 e. The van der Waals surface area contributed by atoms with Gasteiger partial charge in [-0.25, -0.2) is 0 Å². The van der Waals surface area contributed by atoms with Crippen LogP contribution in [-0.4, -0.2) is 35.2 Å². The Bertz CT molecular complexity index is 572. The maximum Gasteiger partial charge on any atom is 0.255 e. The molecule has 0 radical (unpaired) electrons. The molecule has 1 unspecified atom stereocenters. The minimum absolute atomic E-state index is 0.178. The molecule has 1 atom stereocenters. The number of piperidine rings is 1. The van der Waals surface area contributed by atoms with E-state index in [0.29, 0.717) is 18.5 Å². The van der Waals surface area contributed by atoms with Crippen molar-refractivity contribution in [3.63, 3.8) is 0 Å². The highest BCUT2D eigenvalue weighted by molar-refractivity contribution is 6.06. The summed E-state index contributed by atoms with van der Waals surface area (Å²) < 4.78 is 0. The van der Waals surface area contributed by atoms with Crippen LogP contribution in [0.25, 0.3) is 0 Å². The topological polar surface area (TPSA) is 66.5 Å². The minimum Gasteiger partial charge on any atom is -0.322 e. The second-order valence-electron chi connectivity index (χ2n) is 5.16. The van der Waals surface area contributed by atoms with E-state index in [2.05, 4.69) is 11.9 Å². The highest BCUT2D eigenvalue weighted by Crippen LogP contribution is 2.30. The summed E-state index contributed by atoms with van der Waals surface area (Å²) in [5.74, 6) is -0.840. The van der Waals surface area contributed by atoms with Gasteiger partial charge < -0.3 is 4.90 Å². The fourth-order valence-electron chi connectivity index (χ4n) is 2.92. The smallest absolute Gasteiger partial charge is 0.255 e. The van der Waals surface area contributed by atoms with Crippen molar-refractivity contribution < 1.29 is 14.4 Å². The molecule has 1 N–H and O–H groups in total. The van der Waals surface area contributed by atoms with E-state index < -0.39 is 6.04 Å². The molecular formula is C16H20N2O3. The zero-order valence-corrected chi connectivity index (χ0v) is 12.4. The van der Waals surface area contributed by atoms with Gasteiger partial charge in [-0.3, -0.25) is 19.7 Å². The van der Waals surface area contributed by atoms with Crippen LogP contribution >= 0.6 is 0 Å². The highest BCUT2D eigenvalue weighted by atomic mass is 16.2. The molecule has 0 saturated carbocycles. The molecule has 3 amide bonds. The van der Waals surface area contributed by atoms with Gasteiger partial charge in [-0.05, 0) is 30.9 Å². The van der Waals surface area contributed by atoms with Crippen molar-refractivity contribution in [3.8, 4) is 0 Å². The van der Waals surface area contributed by atoms with Crippen LogP contribution in [0.2, 0.25) is 0 Å². The molecule has 1 saturated heterocycles. The fourth-order valence-corrected chi connectivity index (χ4v) is 2.92. The fraction of sp³-hybridized carbons (Fsp3) is 0.438. The van der Waals surface area contributed by atoms with Gasteiger partial charge in [0.15, 0.2) is 0 Å². The predicted molar refractivity (Wildman–Crippen MR) is 79.2 cm³/mol. The first-order chi connectivity index (χ1) is 10.0. The number of imide groups is 1. The van der Waals surface area contributed by atoms with Crippen LogP contribution in [-0.2, 0) is 14.4 Å². The Kier molecular flexibility index (Phi) is 4.40. The first-order valence-electron chi connectivity index (χ1n) is 7.19. The van der Waals surface area contributed by atoms with E-state index in [1.807, 2.05) is 19.9 Å². The summed E-state index contributed by atoms with van der Waals surface area (Å²) in [4.78, 5) is 37.3. The van der Waals surface area contributed by atoms with E-state index in [4.69, 9.17) is 0 Å². The summed E-state index contributed by atoms with van der Waals surface area (Å²) >= 11 is 0. The molecule has 1 fully saturated rings. The van der Waals surface area contributed by atoms with E-state index >= 15 is 0 Å². The SMILES string of the molecule is C=CC1=C(/C(=C\C)CC)CN(C2CCC(=O)NC2=O)C1=O. The Balaban J connectivity index is 2.28. The second kappa shape index (κ2) is 6.08. The monoisotopic (exact) mass is 288 g/mol. The zero-order valence-electron chi connectivity index (χ0n) is 12.4. The number of amides is 3. The van der Waals surface area contributed by atoms with Crippen molar-refractivity contribution in [1.29, 1.82) is 0 Å². The summed E-state index contributed by atoms with van der Waals surface area (Å²) in [5.41, 5.74) is 2.59. The predicted octanol–water partition coefficient (Wildman–Crippen LogP) is 1.47. The summed E-state index contributed by atoms with van der Waals surface area (Å²) in [6.07, 6.45) is 5.01. The van der Waals surface area contributed by atoms with Gasteiger partial charge in [0.25, 0.3) is 5.91 Å². The number of allylic oxidation sites excluding steroid dienone is 1. The Morgan fingerprint density at radius 2 is 2.14 bits per heavy atom. The van der Waals surface area contributed by atoms with Crippen LogP contribution in [0, 0.1) is 0 Å². The van der Waals surface area contributed by atoms with Crippen LogP contribution in [0.1, 0.15) is 33.1 Å². The van der Waals surface area contributed by atoms with Gasteiger partial charge in [0, 0.05) is 18.5 Å². The molecule has 2 aliphatic rings. The molecule has 0 spiro atoms. The van der Waals surface area contributed by atoms with Crippen molar-refractivity contribution >= 4 is 17.7 Å². The number of rotatable bonds is 4. The molecule has 2 rings (SSSR count). The van der Waals surface area contributed by atoms with Gasteiger partial charge in [0.1, 0.15) is 6.04 Å². The Labute approximate surface area is 124 Å². The Hall–Kier alpha value is -2.17. The first-order valence-corrected chi connectivity index (χ1v) is 7.19. The summed E-state index contributed by atoms with van der Waals surface area (Å²) in [7, 11) is 0. The molecule has 5 nitrogen and oxygen atoms in total. The van der Waals surface area contributed by atoms with Crippen molar-refractivity contribution in [2.45, 2.75) is 39.2 Å². The van der Waals surface area contributed by atoms with Crippen molar-refractivity contribution in [3.05, 3.63) is 35.5 Å². The lowest BCUT2D eigenvalue weighted by Crippen LogP contribution is -2.53. The van der Waals surface area contributed by atoms with Crippen LogP contribution in [0.5, 0.6) is 0 Å². The second-order valence-corrected chi connectivity index (χ2v) is 5.16. The van der Waals surface area contributed by atoms with Crippen molar-refractivity contribution in [2.75, 3.05) is 6.54 Å². The van der Waals surface area contributed by atoms with Crippen LogP contribution < -0.4 is 5.32 Å². The molecule has 0 aromatic heterocycles. The Morgan fingerprint density at radius 3 is 2.67 bits per heavy atom.